The summed E-state index contributed by atoms with van der Waals surface area (Å²) in [5, 5.41) is 9.49. The van der Waals surface area contributed by atoms with Gasteiger partial charge in [-0.2, -0.15) is 0 Å². The molecular formula is C16H16OS. The van der Waals surface area contributed by atoms with E-state index < -0.39 is 0 Å². The lowest BCUT2D eigenvalue weighted by atomic mass is 10.0. The average Bonchev–Trinajstić information content (AvgIpc) is 2.46. The third-order valence-electron chi connectivity index (χ3n) is 2.77. The Morgan fingerprint density at radius 1 is 1.06 bits per heavy atom. The molecule has 2 heteroatoms. The van der Waals surface area contributed by atoms with Gasteiger partial charge in [-0.15, -0.1) is 11.8 Å². The van der Waals surface area contributed by atoms with Crippen LogP contribution in [0.4, 0.5) is 0 Å². The number of hydrogen-bond acceptors (Lipinski definition) is 2. The van der Waals surface area contributed by atoms with Gasteiger partial charge in [-0.05, 0) is 41.2 Å². The fraction of sp³-hybridized carbons (Fsp3) is 0.125. The van der Waals surface area contributed by atoms with Gasteiger partial charge in [0.05, 0.1) is 6.61 Å². The standard InChI is InChI=1S/C16H16OS/c1-18-16-9-7-14(8-10-16)15(12-17)11-13-5-3-2-4-6-13/h2-11,17H,12H2,1H3/b15-11-. The Bertz CT molecular complexity index is 515. The highest BCUT2D eigenvalue weighted by Gasteiger charge is 2.00. The van der Waals surface area contributed by atoms with Gasteiger partial charge < -0.3 is 5.11 Å². The van der Waals surface area contributed by atoms with Gasteiger partial charge in [0.15, 0.2) is 0 Å². The van der Waals surface area contributed by atoms with Gasteiger partial charge in [0.2, 0.25) is 0 Å². The average molecular weight is 256 g/mol. The van der Waals surface area contributed by atoms with Crippen LogP contribution in [0.15, 0.2) is 59.5 Å². The maximum atomic E-state index is 9.49. The van der Waals surface area contributed by atoms with Crippen molar-refractivity contribution in [2.45, 2.75) is 4.90 Å². The number of thioether (sulfide) groups is 1. The minimum absolute atomic E-state index is 0.0491. The van der Waals surface area contributed by atoms with E-state index in [1.807, 2.05) is 36.4 Å². The molecule has 18 heavy (non-hydrogen) atoms. The first kappa shape index (κ1) is 12.9. The highest BCUT2D eigenvalue weighted by Crippen LogP contribution is 2.21. The van der Waals surface area contributed by atoms with Crippen molar-refractivity contribution in [3.63, 3.8) is 0 Å². The van der Waals surface area contributed by atoms with E-state index >= 15 is 0 Å². The van der Waals surface area contributed by atoms with E-state index in [1.165, 1.54) is 4.90 Å². The molecule has 0 fully saturated rings. The van der Waals surface area contributed by atoms with Crippen LogP contribution in [0.1, 0.15) is 11.1 Å². The van der Waals surface area contributed by atoms with E-state index in [4.69, 9.17) is 0 Å². The zero-order valence-electron chi connectivity index (χ0n) is 10.3. The minimum atomic E-state index is 0.0491. The Hall–Kier alpha value is -1.51. The molecule has 0 amide bonds. The van der Waals surface area contributed by atoms with Crippen molar-refractivity contribution in [3.8, 4) is 0 Å². The molecule has 0 radical (unpaired) electrons. The number of aliphatic hydroxyl groups excluding tert-OH is 1. The molecule has 0 aliphatic carbocycles. The molecule has 0 saturated heterocycles. The fourth-order valence-corrected chi connectivity index (χ4v) is 2.18. The second-order valence-electron chi connectivity index (χ2n) is 3.97. The van der Waals surface area contributed by atoms with E-state index in [2.05, 4.69) is 30.5 Å². The minimum Gasteiger partial charge on any atom is -0.392 e. The van der Waals surface area contributed by atoms with Gasteiger partial charge in [0.1, 0.15) is 0 Å². The van der Waals surface area contributed by atoms with Crippen LogP contribution in [0.5, 0.6) is 0 Å². The smallest absolute Gasteiger partial charge is 0.0687 e. The van der Waals surface area contributed by atoms with Crippen LogP contribution in [0, 0.1) is 0 Å². The predicted octanol–water partition coefficient (Wildman–Crippen LogP) is 3.94. The summed E-state index contributed by atoms with van der Waals surface area (Å²) in [4.78, 5) is 1.23. The second-order valence-corrected chi connectivity index (χ2v) is 4.85. The molecule has 1 N–H and O–H groups in total. The van der Waals surface area contributed by atoms with Crippen molar-refractivity contribution in [1.29, 1.82) is 0 Å². The Morgan fingerprint density at radius 2 is 1.72 bits per heavy atom. The Labute approximate surface area is 112 Å². The van der Waals surface area contributed by atoms with Crippen LogP contribution in [0.3, 0.4) is 0 Å². The van der Waals surface area contributed by atoms with Crippen LogP contribution < -0.4 is 0 Å². The first-order valence-corrected chi connectivity index (χ1v) is 7.07. The lowest BCUT2D eigenvalue weighted by molar-refractivity contribution is 0.351. The van der Waals surface area contributed by atoms with Crippen LogP contribution in [0.25, 0.3) is 11.6 Å². The fourth-order valence-electron chi connectivity index (χ4n) is 1.78. The summed E-state index contributed by atoms with van der Waals surface area (Å²) in [7, 11) is 0. The largest absolute Gasteiger partial charge is 0.392 e. The summed E-state index contributed by atoms with van der Waals surface area (Å²) in [6, 6.07) is 18.3. The topological polar surface area (TPSA) is 20.2 Å². The van der Waals surface area contributed by atoms with E-state index in [-0.39, 0.29) is 6.61 Å². The molecule has 0 aliphatic rings. The van der Waals surface area contributed by atoms with Crippen molar-refractivity contribution >= 4 is 23.4 Å². The van der Waals surface area contributed by atoms with Gasteiger partial charge in [-0.25, -0.2) is 0 Å². The maximum absolute atomic E-state index is 9.49. The van der Waals surface area contributed by atoms with Gasteiger partial charge in [0.25, 0.3) is 0 Å². The number of aliphatic hydroxyl groups is 1. The van der Waals surface area contributed by atoms with Crippen LogP contribution >= 0.6 is 11.8 Å². The molecule has 0 bridgehead atoms. The van der Waals surface area contributed by atoms with E-state index in [0.717, 1.165) is 16.7 Å². The van der Waals surface area contributed by atoms with Gasteiger partial charge in [0, 0.05) is 4.90 Å². The van der Waals surface area contributed by atoms with Crippen LogP contribution in [-0.2, 0) is 0 Å². The summed E-state index contributed by atoms with van der Waals surface area (Å²) in [6.07, 6.45) is 4.08. The van der Waals surface area contributed by atoms with E-state index in [9.17, 15) is 5.11 Å². The second kappa shape index (κ2) is 6.43. The number of benzene rings is 2. The van der Waals surface area contributed by atoms with Crippen molar-refractivity contribution in [3.05, 3.63) is 65.7 Å². The zero-order valence-corrected chi connectivity index (χ0v) is 11.2. The maximum Gasteiger partial charge on any atom is 0.0687 e. The van der Waals surface area contributed by atoms with Crippen molar-refractivity contribution in [2.24, 2.45) is 0 Å². The third-order valence-corrected chi connectivity index (χ3v) is 3.52. The van der Waals surface area contributed by atoms with Crippen molar-refractivity contribution in [1.82, 2.24) is 0 Å². The SMILES string of the molecule is CSc1ccc(/C(=C\c2ccccc2)CO)cc1. The van der Waals surface area contributed by atoms with Crippen LogP contribution in [0.2, 0.25) is 0 Å². The molecular weight excluding hydrogens is 240 g/mol. The quantitative estimate of drug-likeness (QED) is 0.660. The first-order chi connectivity index (χ1) is 8.83. The Balaban J connectivity index is 2.30. The molecule has 0 aromatic heterocycles. The molecule has 0 aliphatic heterocycles. The molecule has 0 heterocycles. The predicted molar refractivity (Wildman–Crippen MR) is 79.6 cm³/mol. The molecule has 2 aromatic rings. The zero-order chi connectivity index (χ0) is 12.8. The van der Waals surface area contributed by atoms with Crippen molar-refractivity contribution < 1.29 is 5.11 Å². The van der Waals surface area contributed by atoms with Gasteiger partial charge in [-0.1, -0.05) is 42.5 Å². The number of hydrogen-bond donors (Lipinski definition) is 1. The summed E-state index contributed by atoms with van der Waals surface area (Å²) in [6.45, 7) is 0.0491. The molecule has 1 nitrogen and oxygen atoms in total. The van der Waals surface area contributed by atoms with Crippen LogP contribution in [-0.4, -0.2) is 18.0 Å². The first-order valence-electron chi connectivity index (χ1n) is 5.84. The highest BCUT2D eigenvalue weighted by atomic mass is 32.2. The molecule has 0 saturated carbocycles. The summed E-state index contributed by atoms with van der Waals surface area (Å²) in [5.74, 6) is 0. The summed E-state index contributed by atoms with van der Waals surface area (Å²) >= 11 is 1.72. The molecule has 0 atom stereocenters. The van der Waals surface area contributed by atoms with Gasteiger partial charge >= 0.3 is 0 Å². The Kier molecular flexibility index (Phi) is 4.62. The molecule has 92 valence electrons. The lowest BCUT2D eigenvalue weighted by Gasteiger charge is -2.06. The lowest BCUT2D eigenvalue weighted by Crippen LogP contribution is -1.90. The van der Waals surface area contributed by atoms with E-state index in [0.29, 0.717) is 0 Å². The number of rotatable bonds is 4. The molecule has 2 rings (SSSR count). The van der Waals surface area contributed by atoms with Gasteiger partial charge in [-0.3, -0.25) is 0 Å². The Morgan fingerprint density at radius 3 is 2.28 bits per heavy atom. The van der Waals surface area contributed by atoms with Crippen molar-refractivity contribution in [2.75, 3.05) is 12.9 Å². The molecule has 0 unspecified atom stereocenters. The normalized spacial score (nSPS) is 11.6. The third kappa shape index (κ3) is 3.25. The molecule has 2 aromatic carbocycles. The highest BCUT2D eigenvalue weighted by molar-refractivity contribution is 7.98. The summed E-state index contributed by atoms with van der Waals surface area (Å²) in [5.41, 5.74) is 3.11. The molecule has 0 spiro atoms. The summed E-state index contributed by atoms with van der Waals surface area (Å²) < 4.78 is 0. The van der Waals surface area contributed by atoms with E-state index in [1.54, 1.807) is 11.8 Å². The monoisotopic (exact) mass is 256 g/mol.